The molecule has 1 aromatic rings. The molecule has 0 aliphatic heterocycles. The Kier molecular flexibility index (Phi) is 6.71. The molecule has 0 N–H and O–H groups in total. The molecule has 72 valence electrons. The molecule has 0 amide bonds. The Morgan fingerprint density at radius 3 is 1.85 bits per heavy atom. The topological polar surface area (TPSA) is 9.23 Å². The summed E-state index contributed by atoms with van der Waals surface area (Å²) in [4.78, 5) is 0. The lowest BCUT2D eigenvalue weighted by Gasteiger charge is -2.02. The van der Waals surface area contributed by atoms with Gasteiger partial charge in [-0.3, -0.25) is 0 Å². The fourth-order valence-corrected chi connectivity index (χ4v) is 1.09. The van der Waals surface area contributed by atoms with E-state index in [9.17, 15) is 0 Å². The van der Waals surface area contributed by atoms with Crippen LogP contribution in [0.1, 0.15) is 13.8 Å². The van der Waals surface area contributed by atoms with Crippen LogP contribution in [0.3, 0.4) is 0 Å². The zero-order valence-electron chi connectivity index (χ0n) is 8.87. The molecule has 3 heteroatoms. The van der Waals surface area contributed by atoms with Crippen LogP contribution in [0.15, 0.2) is 24.3 Å². The van der Waals surface area contributed by atoms with Gasteiger partial charge in [0.2, 0.25) is 0 Å². The van der Waals surface area contributed by atoms with E-state index in [4.69, 9.17) is 4.52 Å². The highest BCUT2D eigenvalue weighted by atomic mass is 31.0. The van der Waals surface area contributed by atoms with Gasteiger partial charge in [-0.15, -0.1) is 0 Å². The fourth-order valence-electron chi connectivity index (χ4n) is 0.931. The third kappa shape index (κ3) is 4.33. The van der Waals surface area contributed by atoms with Crippen molar-refractivity contribution in [1.82, 2.24) is 0 Å². The molecule has 13 heavy (non-hydrogen) atoms. The van der Waals surface area contributed by atoms with Crippen molar-refractivity contribution in [1.29, 1.82) is 0 Å². The van der Waals surface area contributed by atoms with Crippen molar-refractivity contribution in [3.8, 4) is 5.75 Å². The van der Waals surface area contributed by atoms with Crippen LogP contribution in [0, 0.1) is 0 Å². The van der Waals surface area contributed by atoms with E-state index in [2.05, 4.69) is 35.2 Å². The van der Waals surface area contributed by atoms with Gasteiger partial charge in [0.25, 0.3) is 0 Å². The molecule has 1 rings (SSSR count). The maximum Gasteiger partial charge on any atom is 0.169 e. The Morgan fingerprint density at radius 2 is 1.54 bits per heavy atom. The Hall–Kier alpha value is -0.485. The van der Waals surface area contributed by atoms with Gasteiger partial charge in [0.05, 0.1) is 9.47 Å². The first kappa shape index (κ1) is 12.5. The van der Waals surface area contributed by atoms with Gasteiger partial charge in [-0.2, -0.15) is 0 Å². The van der Waals surface area contributed by atoms with Gasteiger partial charge in [-0.1, -0.05) is 45.1 Å². The van der Waals surface area contributed by atoms with Crippen LogP contribution in [0.5, 0.6) is 5.75 Å². The van der Waals surface area contributed by atoms with Crippen molar-refractivity contribution in [3.63, 3.8) is 0 Å². The molecule has 0 aromatic heterocycles. The summed E-state index contributed by atoms with van der Waals surface area (Å²) in [5.41, 5.74) is 1.34. The van der Waals surface area contributed by atoms with Crippen molar-refractivity contribution in [2.24, 2.45) is 0 Å². The van der Waals surface area contributed by atoms with Crippen molar-refractivity contribution >= 4 is 21.6 Å². The molecule has 0 radical (unpaired) electrons. The molecule has 0 heterocycles. The monoisotopic (exact) mass is 196 g/mol. The Labute approximate surface area is 84.2 Å². The third-order valence-corrected chi connectivity index (χ3v) is 1.96. The summed E-state index contributed by atoms with van der Waals surface area (Å²) < 4.78 is 4.97. The Bertz CT molecular complexity index is 221. The summed E-state index contributed by atoms with van der Waals surface area (Å²) in [6.07, 6.45) is 0. The van der Waals surface area contributed by atoms with Gasteiger partial charge in [-0.25, -0.2) is 0 Å². The summed E-state index contributed by atoms with van der Waals surface area (Å²) >= 11 is 0. The van der Waals surface area contributed by atoms with Crippen molar-refractivity contribution in [2.75, 3.05) is 0 Å². The SMILES string of the molecule is CB(C)c1ccc(OP)cc1.CC. The number of benzene rings is 1. The van der Waals surface area contributed by atoms with E-state index in [-0.39, 0.29) is 0 Å². The number of hydrogen-bond acceptors (Lipinski definition) is 1. The van der Waals surface area contributed by atoms with E-state index in [1.165, 1.54) is 5.46 Å². The molecule has 0 bridgehead atoms. The fraction of sp³-hybridized carbons (Fsp3) is 0.400. The normalized spacial score (nSPS) is 8.38. The van der Waals surface area contributed by atoms with Gasteiger partial charge >= 0.3 is 0 Å². The minimum Gasteiger partial charge on any atom is -0.480 e. The first-order chi connectivity index (χ1) is 6.24. The lowest BCUT2D eigenvalue weighted by Crippen LogP contribution is -2.21. The second-order valence-corrected chi connectivity index (χ2v) is 3.08. The van der Waals surface area contributed by atoms with Crippen molar-refractivity contribution in [2.45, 2.75) is 27.5 Å². The van der Waals surface area contributed by atoms with Crippen LogP contribution in [0.2, 0.25) is 13.6 Å². The highest BCUT2D eigenvalue weighted by molar-refractivity contribution is 7.10. The molecule has 0 aliphatic rings. The number of rotatable bonds is 2. The van der Waals surface area contributed by atoms with Gasteiger partial charge in [0.1, 0.15) is 5.75 Å². The zero-order valence-corrected chi connectivity index (χ0v) is 10.0. The van der Waals surface area contributed by atoms with Crippen molar-refractivity contribution < 1.29 is 4.52 Å². The molecule has 0 aliphatic carbocycles. The van der Waals surface area contributed by atoms with Crippen LogP contribution in [-0.4, -0.2) is 6.71 Å². The van der Waals surface area contributed by atoms with Gasteiger partial charge in [0, 0.05) is 0 Å². The second-order valence-electron chi connectivity index (χ2n) is 2.84. The average Bonchev–Trinajstić information content (AvgIpc) is 2.21. The van der Waals surface area contributed by atoms with E-state index in [0.717, 1.165) is 5.75 Å². The summed E-state index contributed by atoms with van der Waals surface area (Å²) in [7, 11) is 2.23. The largest absolute Gasteiger partial charge is 0.480 e. The second kappa shape index (κ2) is 6.97. The summed E-state index contributed by atoms with van der Waals surface area (Å²) in [6.45, 7) is 8.95. The van der Waals surface area contributed by atoms with Crippen LogP contribution < -0.4 is 9.99 Å². The molecule has 0 fully saturated rings. The predicted octanol–water partition coefficient (Wildman–Crippen LogP) is 2.84. The Balaban J connectivity index is 0.000000671. The molecular weight excluding hydrogens is 178 g/mol. The van der Waals surface area contributed by atoms with E-state index in [1.54, 1.807) is 0 Å². The molecule has 1 unspecified atom stereocenters. The molecule has 0 spiro atoms. The minimum absolute atomic E-state index is 0.591. The molecule has 1 atom stereocenters. The first-order valence-corrected chi connectivity index (χ1v) is 5.18. The average molecular weight is 196 g/mol. The van der Waals surface area contributed by atoms with Crippen molar-refractivity contribution in [3.05, 3.63) is 24.3 Å². The van der Waals surface area contributed by atoms with Gasteiger partial charge in [0.15, 0.2) is 6.71 Å². The van der Waals surface area contributed by atoms with Crippen LogP contribution in [-0.2, 0) is 0 Å². The third-order valence-electron chi connectivity index (χ3n) is 1.68. The molecule has 1 nitrogen and oxygen atoms in total. The van der Waals surface area contributed by atoms with E-state index >= 15 is 0 Å². The summed E-state index contributed by atoms with van der Waals surface area (Å²) in [6, 6.07) is 8.12. The molecule has 1 aromatic carbocycles. The van der Waals surface area contributed by atoms with Crippen LogP contribution in [0.4, 0.5) is 0 Å². The standard InChI is InChI=1S/C8H12BOP.C2H6/c1-9(2)7-3-5-8(10-11)6-4-7;1-2/h3-6H,11H2,1-2H3;1-2H3. The maximum atomic E-state index is 4.97. The number of hydrogen-bond donors (Lipinski definition) is 0. The lowest BCUT2D eigenvalue weighted by molar-refractivity contribution is 0.646. The zero-order chi connectivity index (χ0) is 10.3. The van der Waals surface area contributed by atoms with E-state index in [1.807, 2.05) is 26.0 Å². The Morgan fingerprint density at radius 1 is 1.08 bits per heavy atom. The minimum atomic E-state index is 0.591. The summed E-state index contributed by atoms with van der Waals surface area (Å²) in [5.74, 6) is 0.888. The quantitative estimate of drug-likeness (QED) is 0.522. The predicted molar refractivity (Wildman–Crippen MR) is 65.2 cm³/mol. The highest BCUT2D eigenvalue weighted by Gasteiger charge is 2.01. The summed E-state index contributed by atoms with van der Waals surface area (Å²) in [5, 5.41) is 0. The molecular formula is C10H18BOP. The lowest BCUT2D eigenvalue weighted by atomic mass is 9.49. The smallest absolute Gasteiger partial charge is 0.169 e. The first-order valence-electron chi connectivity index (χ1n) is 4.70. The van der Waals surface area contributed by atoms with E-state index in [0.29, 0.717) is 6.71 Å². The van der Waals surface area contributed by atoms with Gasteiger partial charge in [-0.05, 0) is 12.1 Å². The highest BCUT2D eigenvalue weighted by Crippen LogP contribution is 2.10. The molecule has 0 saturated carbocycles. The van der Waals surface area contributed by atoms with Crippen LogP contribution >= 0.6 is 9.47 Å². The maximum absolute atomic E-state index is 4.97. The van der Waals surface area contributed by atoms with E-state index < -0.39 is 0 Å². The van der Waals surface area contributed by atoms with Crippen LogP contribution in [0.25, 0.3) is 0 Å². The molecule has 0 saturated heterocycles. The van der Waals surface area contributed by atoms with Gasteiger partial charge < -0.3 is 4.52 Å².